The van der Waals surface area contributed by atoms with Crippen molar-refractivity contribution in [1.29, 1.82) is 0 Å². The highest BCUT2D eigenvalue weighted by atomic mass is 14.9. The van der Waals surface area contributed by atoms with Gasteiger partial charge >= 0.3 is 0 Å². The lowest BCUT2D eigenvalue weighted by atomic mass is 9.95. The van der Waals surface area contributed by atoms with Crippen LogP contribution >= 0.6 is 0 Å². The average molecular weight is 476 g/mol. The first kappa shape index (κ1) is 21.5. The quantitative estimate of drug-likeness (QED) is 0.283. The fraction of sp³-hybridized carbons (Fsp3) is 0.0588. The summed E-state index contributed by atoms with van der Waals surface area (Å²) >= 11 is 0. The summed E-state index contributed by atoms with van der Waals surface area (Å²) in [6.07, 6.45) is 9.14. The molecule has 37 heavy (non-hydrogen) atoms. The van der Waals surface area contributed by atoms with Gasteiger partial charge in [-0.1, -0.05) is 97.1 Å². The summed E-state index contributed by atoms with van der Waals surface area (Å²) < 4.78 is 0. The molecule has 0 fully saturated rings. The lowest BCUT2D eigenvalue weighted by molar-refractivity contribution is 0.747. The standard InChI is InChI=1S/C34H25N3/c1-3-11-23(12-4-1)26-19-27(31-17-9-10-18-35-31)21-28(20-26)34-36-32(24-13-5-2-6-14-24)30-22-25-15-7-8-16-29(25)33(30)37-34/h1-21,31,35H,22H2. The molecular weight excluding hydrogens is 450 g/mol. The third-order valence-corrected chi connectivity index (χ3v) is 7.16. The molecule has 176 valence electrons. The Morgan fingerprint density at radius 1 is 0.622 bits per heavy atom. The van der Waals surface area contributed by atoms with E-state index >= 15 is 0 Å². The number of dihydropyridines is 1. The van der Waals surface area contributed by atoms with Crippen LogP contribution in [0.4, 0.5) is 0 Å². The second-order valence-electron chi connectivity index (χ2n) is 9.52. The maximum absolute atomic E-state index is 5.23. The van der Waals surface area contributed by atoms with Crippen LogP contribution in [-0.2, 0) is 6.42 Å². The van der Waals surface area contributed by atoms with E-state index in [4.69, 9.17) is 9.97 Å². The van der Waals surface area contributed by atoms with Crippen LogP contribution in [-0.4, -0.2) is 9.97 Å². The molecule has 1 aromatic heterocycles. The van der Waals surface area contributed by atoms with Gasteiger partial charge in [0.15, 0.2) is 5.82 Å². The summed E-state index contributed by atoms with van der Waals surface area (Å²) in [6.45, 7) is 0. The second kappa shape index (κ2) is 9.03. The van der Waals surface area contributed by atoms with Gasteiger partial charge in [-0.2, -0.15) is 0 Å². The van der Waals surface area contributed by atoms with E-state index < -0.39 is 0 Å². The van der Waals surface area contributed by atoms with Gasteiger partial charge in [0.25, 0.3) is 0 Å². The molecule has 2 aliphatic rings. The molecule has 0 radical (unpaired) electrons. The van der Waals surface area contributed by atoms with Crippen molar-refractivity contribution in [1.82, 2.24) is 15.3 Å². The number of nitrogens with one attached hydrogen (secondary N) is 1. The van der Waals surface area contributed by atoms with E-state index in [0.717, 1.165) is 40.3 Å². The molecular formula is C34H25N3. The summed E-state index contributed by atoms with van der Waals surface area (Å²) in [7, 11) is 0. The molecule has 5 aromatic rings. The van der Waals surface area contributed by atoms with Gasteiger partial charge < -0.3 is 5.32 Å². The minimum absolute atomic E-state index is 0.0937. The summed E-state index contributed by atoms with van der Waals surface area (Å²) in [5, 5.41) is 3.48. The lowest BCUT2D eigenvalue weighted by Gasteiger charge is -2.19. The van der Waals surface area contributed by atoms with Crippen molar-refractivity contribution in [2.45, 2.75) is 12.5 Å². The molecule has 3 heteroatoms. The van der Waals surface area contributed by atoms with Gasteiger partial charge in [0.05, 0.1) is 17.4 Å². The predicted molar refractivity (Wildman–Crippen MR) is 151 cm³/mol. The Kier molecular flexibility index (Phi) is 5.25. The number of rotatable bonds is 4. The molecule has 4 aromatic carbocycles. The zero-order valence-corrected chi connectivity index (χ0v) is 20.3. The number of hydrogen-bond donors (Lipinski definition) is 1. The Morgan fingerprint density at radius 3 is 2.11 bits per heavy atom. The van der Waals surface area contributed by atoms with Crippen molar-refractivity contribution in [3.63, 3.8) is 0 Å². The van der Waals surface area contributed by atoms with Crippen molar-refractivity contribution in [2.24, 2.45) is 0 Å². The number of nitrogens with zero attached hydrogens (tertiary/aromatic N) is 2. The molecule has 1 aliphatic heterocycles. The van der Waals surface area contributed by atoms with Crippen molar-refractivity contribution in [3.05, 3.63) is 144 Å². The Balaban J connectivity index is 1.46. The average Bonchev–Trinajstić information content (AvgIpc) is 3.36. The minimum atomic E-state index is 0.0937. The maximum atomic E-state index is 5.23. The number of hydrogen-bond acceptors (Lipinski definition) is 3. The molecule has 0 saturated carbocycles. The van der Waals surface area contributed by atoms with Crippen LogP contribution in [0.1, 0.15) is 22.7 Å². The highest BCUT2D eigenvalue weighted by Gasteiger charge is 2.26. The second-order valence-corrected chi connectivity index (χ2v) is 9.52. The largest absolute Gasteiger partial charge is 0.381 e. The van der Waals surface area contributed by atoms with Gasteiger partial charge in [-0.25, -0.2) is 9.97 Å². The molecule has 1 aliphatic carbocycles. The fourth-order valence-corrected chi connectivity index (χ4v) is 5.34. The molecule has 1 N–H and O–H groups in total. The van der Waals surface area contributed by atoms with Crippen molar-refractivity contribution in [2.75, 3.05) is 0 Å². The first-order chi connectivity index (χ1) is 18.3. The molecule has 7 rings (SSSR count). The highest BCUT2D eigenvalue weighted by Crippen LogP contribution is 2.41. The van der Waals surface area contributed by atoms with Crippen molar-refractivity contribution < 1.29 is 0 Å². The molecule has 0 bridgehead atoms. The third kappa shape index (κ3) is 3.95. The van der Waals surface area contributed by atoms with Crippen molar-refractivity contribution >= 4 is 0 Å². The maximum Gasteiger partial charge on any atom is 0.160 e. The molecule has 0 amide bonds. The van der Waals surface area contributed by atoms with E-state index in [0.29, 0.717) is 0 Å². The summed E-state index contributed by atoms with van der Waals surface area (Å²) in [5.41, 5.74) is 11.4. The first-order valence-electron chi connectivity index (χ1n) is 12.7. The van der Waals surface area contributed by atoms with Gasteiger partial charge in [0.1, 0.15) is 0 Å². The minimum Gasteiger partial charge on any atom is -0.381 e. The van der Waals surface area contributed by atoms with Gasteiger partial charge in [-0.05, 0) is 52.7 Å². The number of benzene rings is 4. The van der Waals surface area contributed by atoms with E-state index in [2.05, 4.69) is 121 Å². The van der Waals surface area contributed by atoms with E-state index in [9.17, 15) is 0 Å². The van der Waals surface area contributed by atoms with Gasteiger partial charge in [-0.3, -0.25) is 0 Å². The van der Waals surface area contributed by atoms with Crippen LogP contribution in [0.25, 0.3) is 45.0 Å². The van der Waals surface area contributed by atoms with E-state index in [-0.39, 0.29) is 6.04 Å². The van der Waals surface area contributed by atoms with Gasteiger partial charge in [-0.15, -0.1) is 0 Å². The van der Waals surface area contributed by atoms with Gasteiger partial charge in [0, 0.05) is 28.7 Å². The Bertz CT molecular complexity index is 1670. The molecule has 1 atom stereocenters. The lowest BCUT2D eigenvalue weighted by Crippen LogP contribution is -2.15. The Labute approximate surface area is 216 Å². The number of allylic oxidation sites excluding steroid dienone is 2. The topological polar surface area (TPSA) is 37.8 Å². The zero-order chi connectivity index (χ0) is 24.6. The number of aromatic nitrogens is 2. The van der Waals surface area contributed by atoms with Crippen LogP contribution in [0.3, 0.4) is 0 Å². The smallest absolute Gasteiger partial charge is 0.160 e. The Hall–Kier alpha value is -4.76. The molecule has 1 unspecified atom stereocenters. The number of fused-ring (bicyclic) bond motifs is 3. The van der Waals surface area contributed by atoms with E-state index in [1.807, 2.05) is 12.3 Å². The third-order valence-electron chi connectivity index (χ3n) is 7.16. The normalized spacial score (nSPS) is 15.2. The van der Waals surface area contributed by atoms with Crippen LogP contribution < -0.4 is 5.32 Å². The predicted octanol–water partition coefficient (Wildman–Crippen LogP) is 7.76. The van der Waals surface area contributed by atoms with Crippen LogP contribution in [0, 0.1) is 0 Å². The van der Waals surface area contributed by atoms with Crippen molar-refractivity contribution in [3.8, 4) is 45.0 Å². The van der Waals surface area contributed by atoms with Crippen LogP contribution in [0.15, 0.2) is 128 Å². The zero-order valence-electron chi connectivity index (χ0n) is 20.3. The van der Waals surface area contributed by atoms with E-state index in [1.165, 1.54) is 27.8 Å². The fourth-order valence-electron chi connectivity index (χ4n) is 5.34. The molecule has 2 heterocycles. The van der Waals surface area contributed by atoms with Gasteiger partial charge in [0.2, 0.25) is 0 Å². The summed E-state index contributed by atoms with van der Waals surface area (Å²) in [5.74, 6) is 0.753. The highest BCUT2D eigenvalue weighted by molar-refractivity contribution is 5.83. The van der Waals surface area contributed by atoms with E-state index in [1.54, 1.807) is 0 Å². The SMILES string of the molecule is C1=CNC(c2cc(-c3ccccc3)cc(-c3nc(-c4ccccc4)c4c(n3)-c3ccccc3C4)c2)C=C1. The molecule has 0 spiro atoms. The molecule has 0 saturated heterocycles. The monoisotopic (exact) mass is 475 g/mol. The summed E-state index contributed by atoms with van der Waals surface area (Å²) in [6, 6.07) is 36.4. The molecule has 3 nitrogen and oxygen atoms in total. The first-order valence-corrected chi connectivity index (χ1v) is 12.7. The Morgan fingerprint density at radius 2 is 1.32 bits per heavy atom. The van der Waals surface area contributed by atoms with Crippen LogP contribution in [0.5, 0.6) is 0 Å². The summed E-state index contributed by atoms with van der Waals surface area (Å²) in [4.78, 5) is 10.4. The van der Waals surface area contributed by atoms with Crippen LogP contribution in [0.2, 0.25) is 0 Å².